The molecule has 2 aromatic rings. The van der Waals surface area contributed by atoms with E-state index < -0.39 is 0 Å². The maximum absolute atomic E-state index is 13.4. The molecule has 21 heavy (non-hydrogen) atoms. The number of halogens is 1. The predicted molar refractivity (Wildman–Crippen MR) is 86.2 cm³/mol. The quantitative estimate of drug-likeness (QED) is 0.888. The van der Waals surface area contributed by atoms with E-state index in [1.54, 1.807) is 0 Å². The summed E-state index contributed by atoms with van der Waals surface area (Å²) in [5, 5.41) is 1.35. The zero-order valence-corrected chi connectivity index (χ0v) is 13.2. The summed E-state index contributed by atoms with van der Waals surface area (Å²) >= 11 is 0. The van der Waals surface area contributed by atoms with E-state index in [-0.39, 0.29) is 12.1 Å². The average molecular weight is 288 g/mol. The fraction of sp³-hybridized carbons (Fsp3) is 0.556. The Morgan fingerprint density at radius 3 is 2.86 bits per heavy atom. The summed E-state index contributed by atoms with van der Waals surface area (Å²) in [6.07, 6.45) is 1.93. The standard InChI is InChI=1S/C18H25FN2/c1-4-18(3,11-19)12-21-10-17-15(9-13(21)2)14-7-5-6-8-16(14)20-17/h5-8,13,20H,4,9-12H2,1-3H3. The summed E-state index contributed by atoms with van der Waals surface area (Å²) in [5.41, 5.74) is 3.76. The Morgan fingerprint density at radius 1 is 1.38 bits per heavy atom. The van der Waals surface area contributed by atoms with Crippen LogP contribution in [-0.4, -0.2) is 29.1 Å². The maximum atomic E-state index is 13.4. The molecule has 3 rings (SSSR count). The van der Waals surface area contributed by atoms with Crippen molar-refractivity contribution in [2.45, 2.75) is 46.2 Å². The average Bonchev–Trinajstić information content (AvgIpc) is 2.85. The monoisotopic (exact) mass is 288 g/mol. The molecule has 3 heteroatoms. The minimum Gasteiger partial charge on any atom is -0.357 e. The molecule has 0 fully saturated rings. The molecular weight excluding hydrogens is 263 g/mol. The molecule has 0 amide bonds. The van der Waals surface area contributed by atoms with Gasteiger partial charge in [0.15, 0.2) is 0 Å². The van der Waals surface area contributed by atoms with Gasteiger partial charge in [0.2, 0.25) is 0 Å². The number of aromatic amines is 1. The lowest BCUT2D eigenvalue weighted by Crippen LogP contribution is -2.44. The summed E-state index contributed by atoms with van der Waals surface area (Å²) in [4.78, 5) is 5.98. The van der Waals surface area contributed by atoms with Crippen LogP contribution in [0.1, 0.15) is 38.4 Å². The normalized spacial score (nSPS) is 22.2. The van der Waals surface area contributed by atoms with Crippen LogP contribution >= 0.6 is 0 Å². The summed E-state index contributed by atoms with van der Waals surface area (Å²) in [6, 6.07) is 8.98. The van der Waals surface area contributed by atoms with Crippen LogP contribution in [0, 0.1) is 5.41 Å². The molecule has 0 saturated carbocycles. The third-order valence-electron chi connectivity index (χ3n) is 5.15. The lowest BCUT2D eigenvalue weighted by atomic mass is 9.86. The van der Waals surface area contributed by atoms with Crippen LogP contribution in [0.25, 0.3) is 10.9 Å². The zero-order valence-electron chi connectivity index (χ0n) is 13.2. The van der Waals surface area contributed by atoms with E-state index in [2.05, 4.69) is 54.9 Å². The van der Waals surface area contributed by atoms with Gasteiger partial charge >= 0.3 is 0 Å². The fourth-order valence-electron chi connectivity index (χ4n) is 3.36. The number of aromatic nitrogens is 1. The van der Waals surface area contributed by atoms with Crippen LogP contribution in [0.15, 0.2) is 24.3 Å². The van der Waals surface area contributed by atoms with Crippen molar-refractivity contribution in [3.05, 3.63) is 35.5 Å². The number of para-hydroxylation sites is 1. The van der Waals surface area contributed by atoms with Crippen LogP contribution in [0.3, 0.4) is 0 Å². The van der Waals surface area contributed by atoms with E-state index in [0.717, 1.165) is 25.9 Å². The number of nitrogens with zero attached hydrogens (tertiary/aromatic N) is 1. The molecule has 0 spiro atoms. The highest BCUT2D eigenvalue weighted by molar-refractivity contribution is 5.84. The van der Waals surface area contributed by atoms with Gasteiger partial charge in [-0.1, -0.05) is 32.0 Å². The van der Waals surface area contributed by atoms with Crippen molar-refractivity contribution >= 4 is 10.9 Å². The summed E-state index contributed by atoms with van der Waals surface area (Å²) in [7, 11) is 0. The van der Waals surface area contributed by atoms with Crippen molar-refractivity contribution in [2.75, 3.05) is 13.2 Å². The third kappa shape index (κ3) is 2.59. The number of H-pyrrole nitrogens is 1. The first kappa shape index (κ1) is 14.6. The number of alkyl halides is 1. The maximum Gasteiger partial charge on any atom is 0.0960 e. The van der Waals surface area contributed by atoms with E-state index in [1.807, 2.05) is 0 Å². The zero-order chi connectivity index (χ0) is 15.0. The second-order valence-corrected chi connectivity index (χ2v) is 6.88. The molecular formula is C18H25FN2. The minimum atomic E-state index is -0.244. The van der Waals surface area contributed by atoms with Gasteiger partial charge in [-0.3, -0.25) is 9.29 Å². The second kappa shape index (κ2) is 5.45. The highest BCUT2D eigenvalue weighted by atomic mass is 19.1. The van der Waals surface area contributed by atoms with Gasteiger partial charge in [-0.2, -0.15) is 0 Å². The summed E-state index contributed by atoms with van der Waals surface area (Å²) in [5.74, 6) is 0. The molecule has 0 radical (unpaired) electrons. The molecule has 2 heterocycles. The lowest BCUT2D eigenvalue weighted by Gasteiger charge is -2.39. The lowest BCUT2D eigenvalue weighted by molar-refractivity contribution is 0.0856. The van der Waals surface area contributed by atoms with Gasteiger partial charge in [0, 0.05) is 41.1 Å². The van der Waals surface area contributed by atoms with E-state index in [0.29, 0.717) is 6.04 Å². The smallest absolute Gasteiger partial charge is 0.0960 e. The van der Waals surface area contributed by atoms with Crippen molar-refractivity contribution in [1.29, 1.82) is 0 Å². The number of nitrogens with one attached hydrogen (secondary N) is 1. The molecule has 2 atom stereocenters. The van der Waals surface area contributed by atoms with E-state index >= 15 is 0 Å². The molecule has 1 N–H and O–H groups in total. The first-order chi connectivity index (χ1) is 10.1. The second-order valence-electron chi connectivity index (χ2n) is 6.88. The molecule has 0 saturated heterocycles. The van der Waals surface area contributed by atoms with Crippen molar-refractivity contribution in [3.8, 4) is 0 Å². The molecule has 1 aromatic carbocycles. The van der Waals surface area contributed by atoms with Crippen LogP contribution < -0.4 is 0 Å². The fourth-order valence-corrected chi connectivity index (χ4v) is 3.36. The van der Waals surface area contributed by atoms with Gasteiger partial charge < -0.3 is 4.98 Å². The van der Waals surface area contributed by atoms with Gasteiger partial charge in [-0.25, -0.2) is 0 Å². The Labute approximate surface area is 126 Å². The van der Waals surface area contributed by atoms with Gasteiger partial charge in [-0.05, 0) is 31.4 Å². The third-order valence-corrected chi connectivity index (χ3v) is 5.15. The number of hydrogen-bond donors (Lipinski definition) is 1. The summed E-state index contributed by atoms with van der Waals surface area (Å²) < 4.78 is 13.4. The Hall–Kier alpha value is -1.35. The van der Waals surface area contributed by atoms with Gasteiger partial charge in [0.1, 0.15) is 0 Å². The predicted octanol–water partition coefficient (Wildman–Crippen LogP) is 4.30. The van der Waals surface area contributed by atoms with Crippen LogP contribution in [0.4, 0.5) is 4.39 Å². The highest BCUT2D eigenvalue weighted by Crippen LogP contribution is 2.33. The molecule has 1 aliphatic heterocycles. The van der Waals surface area contributed by atoms with Gasteiger partial charge in [0.25, 0.3) is 0 Å². The SMILES string of the molecule is CCC(C)(CF)CN1Cc2[nH]c3ccccc3c2CC1C. The first-order valence-corrected chi connectivity index (χ1v) is 7.95. The van der Waals surface area contributed by atoms with Gasteiger partial charge in [-0.15, -0.1) is 0 Å². The molecule has 2 nitrogen and oxygen atoms in total. The van der Waals surface area contributed by atoms with Gasteiger partial charge in [0.05, 0.1) is 6.67 Å². The number of benzene rings is 1. The van der Waals surface area contributed by atoms with Crippen LogP contribution in [-0.2, 0) is 13.0 Å². The largest absolute Gasteiger partial charge is 0.357 e. The Morgan fingerprint density at radius 2 is 2.14 bits per heavy atom. The first-order valence-electron chi connectivity index (χ1n) is 7.95. The molecule has 114 valence electrons. The Kier molecular flexibility index (Phi) is 3.78. The Bertz CT molecular complexity index is 627. The molecule has 2 unspecified atom stereocenters. The van der Waals surface area contributed by atoms with Crippen molar-refractivity contribution in [3.63, 3.8) is 0 Å². The molecule has 1 aliphatic rings. The van der Waals surface area contributed by atoms with Crippen molar-refractivity contribution < 1.29 is 4.39 Å². The Balaban J connectivity index is 1.88. The van der Waals surface area contributed by atoms with E-state index in [1.165, 1.54) is 22.2 Å². The number of hydrogen-bond acceptors (Lipinski definition) is 1. The molecule has 1 aromatic heterocycles. The van der Waals surface area contributed by atoms with Crippen LogP contribution in [0.2, 0.25) is 0 Å². The number of rotatable bonds is 4. The van der Waals surface area contributed by atoms with Crippen molar-refractivity contribution in [1.82, 2.24) is 9.88 Å². The topological polar surface area (TPSA) is 19.0 Å². The minimum absolute atomic E-state index is 0.224. The summed E-state index contributed by atoms with van der Waals surface area (Å²) in [6.45, 7) is 7.89. The van der Waals surface area contributed by atoms with E-state index in [9.17, 15) is 4.39 Å². The van der Waals surface area contributed by atoms with E-state index in [4.69, 9.17) is 0 Å². The van der Waals surface area contributed by atoms with Crippen LogP contribution in [0.5, 0.6) is 0 Å². The van der Waals surface area contributed by atoms with Crippen molar-refractivity contribution in [2.24, 2.45) is 5.41 Å². The molecule has 0 bridgehead atoms. The number of fused-ring (bicyclic) bond motifs is 3. The highest BCUT2D eigenvalue weighted by Gasteiger charge is 2.32. The molecule has 0 aliphatic carbocycles.